The van der Waals surface area contributed by atoms with Crippen molar-refractivity contribution >= 4 is 23.2 Å². The molecule has 2 N–H and O–H groups in total. The molecule has 0 unspecified atom stereocenters. The van der Waals surface area contributed by atoms with Crippen LogP contribution in [0.5, 0.6) is 0 Å². The maximum absolute atomic E-state index is 12.3. The van der Waals surface area contributed by atoms with E-state index in [-0.39, 0.29) is 31.0 Å². The molecule has 2 aromatic rings. The van der Waals surface area contributed by atoms with Gasteiger partial charge in [-0.25, -0.2) is 4.98 Å². The number of carbonyl (C=O) groups is 2. The van der Waals surface area contributed by atoms with Crippen LogP contribution < -0.4 is 5.32 Å². The topological polar surface area (TPSA) is 82.5 Å². The lowest BCUT2D eigenvalue weighted by atomic mass is 9.85. The van der Waals surface area contributed by atoms with Crippen LogP contribution in [0.1, 0.15) is 31.0 Å². The van der Waals surface area contributed by atoms with Crippen LogP contribution in [-0.2, 0) is 16.0 Å². The van der Waals surface area contributed by atoms with Gasteiger partial charge in [0.25, 0.3) is 0 Å². The summed E-state index contributed by atoms with van der Waals surface area (Å²) >= 11 is 1.55. The van der Waals surface area contributed by atoms with E-state index in [9.17, 15) is 9.59 Å². The molecule has 6 nitrogen and oxygen atoms in total. The highest BCUT2D eigenvalue weighted by molar-refractivity contribution is 7.13. The molecular formula is C20H25N3O3S. The van der Waals surface area contributed by atoms with Crippen LogP contribution in [0.15, 0.2) is 29.6 Å². The number of aryl methyl sites for hydroxylation is 1. The summed E-state index contributed by atoms with van der Waals surface area (Å²) in [7, 11) is 0. The summed E-state index contributed by atoms with van der Waals surface area (Å²) in [4.78, 5) is 29.7. The molecule has 144 valence electrons. The molecule has 1 aliphatic carbocycles. The minimum Gasteiger partial charge on any atom is -0.480 e. The predicted octanol–water partition coefficient (Wildman–Crippen LogP) is 2.71. The Kier molecular flexibility index (Phi) is 6.23. The number of carboxylic acid groups (broad SMARTS) is 1. The zero-order valence-electron chi connectivity index (χ0n) is 15.6. The third-order valence-electron chi connectivity index (χ3n) is 4.90. The van der Waals surface area contributed by atoms with E-state index >= 15 is 0 Å². The Morgan fingerprint density at radius 1 is 1.37 bits per heavy atom. The van der Waals surface area contributed by atoms with E-state index in [0.29, 0.717) is 6.54 Å². The van der Waals surface area contributed by atoms with E-state index < -0.39 is 5.97 Å². The first-order chi connectivity index (χ1) is 12.9. The second-order valence-corrected chi connectivity index (χ2v) is 7.89. The normalized spacial score (nSPS) is 18.9. The molecule has 1 saturated carbocycles. The lowest BCUT2D eigenvalue weighted by Crippen LogP contribution is -2.55. The maximum atomic E-state index is 12.3. The molecule has 1 fully saturated rings. The molecule has 7 heteroatoms. The van der Waals surface area contributed by atoms with E-state index in [2.05, 4.69) is 16.4 Å². The predicted molar refractivity (Wildman–Crippen MR) is 106 cm³/mol. The van der Waals surface area contributed by atoms with Crippen LogP contribution >= 0.6 is 11.3 Å². The Morgan fingerprint density at radius 3 is 2.81 bits per heavy atom. The number of hydrogen-bond acceptors (Lipinski definition) is 5. The Morgan fingerprint density at radius 2 is 2.15 bits per heavy atom. The van der Waals surface area contributed by atoms with Crippen molar-refractivity contribution in [1.82, 2.24) is 15.2 Å². The van der Waals surface area contributed by atoms with Crippen molar-refractivity contribution in [3.63, 3.8) is 0 Å². The molecule has 0 spiro atoms. The third kappa shape index (κ3) is 5.14. The van der Waals surface area contributed by atoms with Gasteiger partial charge in [-0.3, -0.25) is 14.5 Å². The van der Waals surface area contributed by atoms with Crippen LogP contribution in [0, 0.1) is 6.92 Å². The number of aromatic nitrogens is 1. The van der Waals surface area contributed by atoms with Crippen molar-refractivity contribution in [1.29, 1.82) is 0 Å². The van der Waals surface area contributed by atoms with E-state index in [1.807, 2.05) is 42.3 Å². The van der Waals surface area contributed by atoms with Gasteiger partial charge in [0.15, 0.2) is 0 Å². The summed E-state index contributed by atoms with van der Waals surface area (Å²) in [6.45, 7) is 4.77. The van der Waals surface area contributed by atoms with Gasteiger partial charge in [0.1, 0.15) is 5.01 Å². The second kappa shape index (κ2) is 8.63. The second-order valence-electron chi connectivity index (χ2n) is 7.04. The van der Waals surface area contributed by atoms with E-state index in [1.54, 1.807) is 11.3 Å². The van der Waals surface area contributed by atoms with E-state index in [4.69, 9.17) is 5.11 Å². The molecule has 1 aliphatic rings. The average Bonchev–Trinajstić information content (AvgIpc) is 3.04. The Bertz CT molecular complexity index is 814. The zero-order valence-corrected chi connectivity index (χ0v) is 16.5. The fraction of sp³-hybridized carbons (Fsp3) is 0.450. The molecule has 0 atom stereocenters. The molecule has 0 aliphatic heterocycles. The zero-order chi connectivity index (χ0) is 19.4. The number of likely N-dealkylation sites (N-methyl/N-ethyl adjacent to an activating group) is 1. The molecule has 3 rings (SSSR count). The molecule has 0 saturated heterocycles. The monoisotopic (exact) mass is 387 g/mol. The molecular weight excluding hydrogens is 362 g/mol. The van der Waals surface area contributed by atoms with Crippen molar-refractivity contribution in [3.05, 3.63) is 40.9 Å². The van der Waals surface area contributed by atoms with Gasteiger partial charge < -0.3 is 10.4 Å². The summed E-state index contributed by atoms with van der Waals surface area (Å²) in [6, 6.07) is 8.54. The highest BCUT2D eigenvalue weighted by Crippen LogP contribution is 2.27. The quantitative estimate of drug-likeness (QED) is 0.728. The van der Waals surface area contributed by atoms with Crippen molar-refractivity contribution in [2.24, 2.45) is 0 Å². The van der Waals surface area contributed by atoms with Crippen LogP contribution in [0.3, 0.4) is 0 Å². The summed E-state index contributed by atoms with van der Waals surface area (Å²) in [5.74, 6) is -0.835. The number of benzene rings is 1. The fourth-order valence-corrected chi connectivity index (χ4v) is 4.24. The highest BCUT2D eigenvalue weighted by Gasteiger charge is 2.34. The molecule has 1 amide bonds. The first-order valence-electron chi connectivity index (χ1n) is 9.21. The number of nitrogens with zero attached hydrogens (tertiary/aromatic N) is 2. The summed E-state index contributed by atoms with van der Waals surface area (Å²) < 4.78 is 0. The van der Waals surface area contributed by atoms with E-state index in [1.165, 1.54) is 5.56 Å². The Balaban J connectivity index is 1.48. The van der Waals surface area contributed by atoms with Gasteiger partial charge in [-0.15, -0.1) is 11.3 Å². The van der Waals surface area contributed by atoms with Crippen molar-refractivity contribution in [3.8, 4) is 10.6 Å². The number of carbonyl (C=O) groups excluding carboxylic acids is 1. The number of carboxylic acids is 1. The van der Waals surface area contributed by atoms with Gasteiger partial charge in [0, 0.05) is 23.0 Å². The molecule has 1 aromatic heterocycles. The largest absolute Gasteiger partial charge is 0.480 e. The van der Waals surface area contributed by atoms with Crippen molar-refractivity contribution in [2.45, 2.75) is 45.2 Å². The number of thiazole rings is 1. The minimum atomic E-state index is -0.808. The van der Waals surface area contributed by atoms with Crippen LogP contribution in [0.4, 0.5) is 0 Å². The summed E-state index contributed by atoms with van der Waals surface area (Å²) in [5, 5.41) is 14.8. The number of hydrogen-bond donors (Lipinski definition) is 2. The lowest BCUT2D eigenvalue weighted by molar-refractivity contribution is -0.139. The van der Waals surface area contributed by atoms with Gasteiger partial charge in [-0.05, 0) is 32.4 Å². The fourth-order valence-electron chi connectivity index (χ4n) is 3.42. The smallest absolute Gasteiger partial charge is 0.317 e. The van der Waals surface area contributed by atoms with Gasteiger partial charge in [-0.1, -0.05) is 30.7 Å². The highest BCUT2D eigenvalue weighted by atomic mass is 32.1. The summed E-state index contributed by atoms with van der Waals surface area (Å²) in [5.41, 5.74) is 3.04. The van der Waals surface area contributed by atoms with Gasteiger partial charge >= 0.3 is 5.97 Å². The van der Waals surface area contributed by atoms with Crippen LogP contribution in [-0.4, -0.2) is 52.0 Å². The van der Waals surface area contributed by atoms with Crippen molar-refractivity contribution < 1.29 is 14.7 Å². The van der Waals surface area contributed by atoms with Gasteiger partial charge in [-0.2, -0.15) is 0 Å². The molecule has 0 radical (unpaired) electrons. The maximum Gasteiger partial charge on any atom is 0.317 e. The SMILES string of the molecule is CCN(CC(=O)O)C1CC(NC(=O)Cc2csc(-c3cccc(C)c3)n2)C1. The number of rotatable bonds is 8. The van der Waals surface area contributed by atoms with Gasteiger partial charge in [0.2, 0.25) is 5.91 Å². The average molecular weight is 388 g/mol. The number of aliphatic carboxylic acids is 1. The van der Waals surface area contributed by atoms with Crippen molar-refractivity contribution in [2.75, 3.05) is 13.1 Å². The first-order valence-corrected chi connectivity index (χ1v) is 10.1. The van der Waals surface area contributed by atoms with E-state index in [0.717, 1.165) is 29.1 Å². The molecule has 1 heterocycles. The first kappa shape index (κ1) is 19.5. The van der Waals surface area contributed by atoms with Crippen LogP contribution in [0.25, 0.3) is 10.6 Å². The third-order valence-corrected chi connectivity index (χ3v) is 5.84. The standard InChI is InChI=1S/C20H25N3O3S/c1-3-23(11-19(25)26)17-8-15(9-17)21-18(24)10-16-12-27-20(22-16)14-6-4-5-13(2)7-14/h4-7,12,15,17H,3,8-11H2,1-2H3,(H,21,24)(H,25,26). The molecule has 0 bridgehead atoms. The number of amides is 1. The Labute approximate surface area is 163 Å². The Hall–Kier alpha value is -2.25. The lowest BCUT2D eigenvalue weighted by Gasteiger charge is -2.42. The molecule has 27 heavy (non-hydrogen) atoms. The summed E-state index contributed by atoms with van der Waals surface area (Å²) in [6.07, 6.45) is 1.88. The minimum absolute atomic E-state index is 0.0270. The number of nitrogens with one attached hydrogen (secondary N) is 1. The van der Waals surface area contributed by atoms with Crippen LogP contribution in [0.2, 0.25) is 0 Å². The molecule has 1 aromatic carbocycles. The van der Waals surface area contributed by atoms with Gasteiger partial charge in [0.05, 0.1) is 18.7 Å².